The number of hydrogen-bond acceptors (Lipinski definition) is 4. The van der Waals surface area contributed by atoms with Gasteiger partial charge >= 0.3 is 6.18 Å². The zero-order valence-electron chi connectivity index (χ0n) is 13.9. The minimum atomic E-state index is -4.36. The summed E-state index contributed by atoms with van der Waals surface area (Å²) in [7, 11) is 0. The van der Waals surface area contributed by atoms with E-state index < -0.39 is 11.7 Å². The fourth-order valence-electron chi connectivity index (χ4n) is 2.70. The van der Waals surface area contributed by atoms with Crippen LogP contribution in [-0.2, 0) is 6.18 Å². The molecule has 134 valence electrons. The number of fused-ring (bicyclic) bond motifs is 1. The van der Waals surface area contributed by atoms with Crippen LogP contribution in [0.15, 0.2) is 73.2 Å². The van der Waals surface area contributed by atoms with Crippen LogP contribution in [0.5, 0.6) is 0 Å². The predicted molar refractivity (Wildman–Crippen MR) is 97.5 cm³/mol. The number of nitrogens with one attached hydrogen (secondary N) is 1. The van der Waals surface area contributed by atoms with Crippen LogP contribution in [-0.4, -0.2) is 15.0 Å². The van der Waals surface area contributed by atoms with E-state index in [-0.39, 0.29) is 0 Å². The Morgan fingerprint density at radius 3 is 2.37 bits per heavy atom. The molecule has 0 spiro atoms. The van der Waals surface area contributed by atoms with Gasteiger partial charge in [-0.1, -0.05) is 30.3 Å². The van der Waals surface area contributed by atoms with Crippen LogP contribution in [0.25, 0.3) is 22.2 Å². The van der Waals surface area contributed by atoms with Gasteiger partial charge in [-0.2, -0.15) is 13.2 Å². The first-order valence-electron chi connectivity index (χ1n) is 8.10. The smallest absolute Gasteiger partial charge is 0.339 e. The van der Waals surface area contributed by atoms with Gasteiger partial charge < -0.3 is 5.32 Å². The molecule has 0 amide bonds. The number of rotatable bonds is 3. The average molecular weight is 366 g/mol. The third-order valence-corrected chi connectivity index (χ3v) is 4.04. The molecule has 0 saturated carbocycles. The molecule has 0 saturated heterocycles. The van der Waals surface area contributed by atoms with E-state index >= 15 is 0 Å². The highest BCUT2D eigenvalue weighted by Gasteiger charge is 2.30. The minimum Gasteiger partial charge on any atom is -0.339 e. The molecular formula is C20H13F3N4. The molecule has 0 fully saturated rings. The molecule has 0 radical (unpaired) electrons. The summed E-state index contributed by atoms with van der Waals surface area (Å²) < 4.78 is 38.1. The number of alkyl halides is 3. The fraction of sp³-hybridized carbons (Fsp3) is 0.0500. The van der Waals surface area contributed by atoms with E-state index in [2.05, 4.69) is 20.3 Å². The summed E-state index contributed by atoms with van der Waals surface area (Å²) in [6.07, 6.45) is -1.30. The molecule has 2 heterocycles. The maximum atomic E-state index is 12.7. The fourth-order valence-corrected chi connectivity index (χ4v) is 2.70. The summed E-state index contributed by atoms with van der Waals surface area (Å²) in [5.41, 5.74) is 2.04. The second-order valence-electron chi connectivity index (χ2n) is 5.91. The van der Waals surface area contributed by atoms with Gasteiger partial charge in [0, 0.05) is 17.0 Å². The Labute approximate surface area is 152 Å². The van der Waals surface area contributed by atoms with Crippen LogP contribution in [0.3, 0.4) is 0 Å². The highest BCUT2D eigenvalue weighted by Crippen LogP contribution is 2.31. The van der Waals surface area contributed by atoms with Crippen LogP contribution in [0.2, 0.25) is 0 Å². The highest BCUT2D eigenvalue weighted by atomic mass is 19.4. The van der Waals surface area contributed by atoms with Crippen LogP contribution in [0, 0.1) is 0 Å². The molecule has 0 aliphatic rings. The predicted octanol–water partition coefficient (Wildman–Crippen LogP) is 5.45. The Morgan fingerprint density at radius 2 is 1.59 bits per heavy atom. The van der Waals surface area contributed by atoms with Crippen molar-refractivity contribution in [1.82, 2.24) is 15.0 Å². The lowest BCUT2D eigenvalue weighted by atomic mass is 10.1. The number of para-hydroxylation sites is 1. The molecule has 27 heavy (non-hydrogen) atoms. The van der Waals surface area contributed by atoms with Gasteiger partial charge in [-0.25, -0.2) is 9.97 Å². The Bertz CT molecular complexity index is 1090. The summed E-state index contributed by atoms with van der Waals surface area (Å²) >= 11 is 0. The third kappa shape index (κ3) is 3.72. The Kier molecular flexibility index (Phi) is 4.19. The average Bonchev–Trinajstić information content (AvgIpc) is 2.68. The zero-order valence-corrected chi connectivity index (χ0v) is 13.9. The van der Waals surface area contributed by atoms with Crippen molar-refractivity contribution in [2.24, 2.45) is 0 Å². The highest BCUT2D eigenvalue weighted by molar-refractivity contribution is 5.82. The van der Waals surface area contributed by atoms with Crippen molar-refractivity contribution in [3.05, 3.63) is 78.8 Å². The number of halogens is 3. The van der Waals surface area contributed by atoms with Crippen LogP contribution in [0.1, 0.15) is 5.56 Å². The maximum Gasteiger partial charge on any atom is 0.416 e. The van der Waals surface area contributed by atoms with Crippen molar-refractivity contribution in [1.29, 1.82) is 0 Å². The van der Waals surface area contributed by atoms with Gasteiger partial charge in [0.15, 0.2) is 0 Å². The van der Waals surface area contributed by atoms with Gasteiger partial charge in [0.1, 0.15) is 12.1 Å². The first-order valence-corrected chi connectivity index (χ1v) is 8.10. The maximum absolute atomic E-state index is 12.7. The Hall–Kier alpha value is -3.48. The molecule has 2 aromatic heterocycles. The van der Waals surface area contributed by atoms with Gasteiger partial charge in [-0.15, -0.1) is 0 Å². The largest absolute Gasteiger partial charge is 0.416 e. The molecule has 0 bridgehead atoms. The van der Waals surface area contributed by atoms with Gasteiger partial charge in [0.2, 0.25) is 0 Å². The molecule has 4 nitrogen and oxygen atoms in total. The summed E-state index contributed by atoms with van der Waals surface area (Å²) in [5.74, 6) is 0.525. The summed E-state index contributed by atoms with van der Waals surface area (Å²) in [6, 6.07) is 16.2. The van der Waals surface area contributed by atoms with Crippen molar-refractivity contribution in [2.75, 3.05) is 5.32 Å². The normalized spacial score (nSPS) is 11.5. The Morgan fingerprint density at radius 1 is 0.815 bits per heavy atom. The molecule has 1 N–H and O–H groups in total. The van der Waals surface area contributed by atoms with E-state index in [0.29, 0.717) is 17.1 Å². The number of benzene rings is 2. The van der Waals surface area contributed by atoms with Crippen molar-refractivity contribution in [3.63, 3.8) is 0 Å². The quantitative estimate of drug-likeness (QED) is 0.523. The van der Waals surface area contributed by atoms with Gasteiger partial charge in [-0.05, 0) is 24.3 Å². The summed E-state index contributed by atoms with van der Waals surface area (Å²) in [6.45, 7) is 0. The van der Waals surface area contributed by atoms with E-state index in [1.54, 1.807) is 12.3 Å². The van der Waals surface area contributed by atoms with E-state index in [0.717, 1.165) is 28.7 Å². The van der Waals surface area contributed by atoms with Crippen LogP contribution in [0.4, 0.5) is 24.7 Å². The molecule has 0 aliphatic heterocycles. The molecule has 0 atom stereocenters. The van der Waals surface area contributed by atoms with Gasteiger partial charge in [0.25, 0.3) is 0 Å². The molecule has 0 aliphatic carbocycles. The lowest BCUT2D eigenvalue weighted by Crippen LogP contribution is -2.04. The van der Waals surface area contributed by atoms with Crippen LogP contribution >= 0.6 is 0 Å². The first-order chi connectivity index (χ1) is 13.0. The lowest BCUT2D eigenvalue weighted by Gasteiger charge is -2.09. The Balaban J connectivity index is 1.60. The van der Waals surface area contributed by atoms with Crippen LogP contribution < -0.4 is 5.32 Å². The molecule has 0 unspecified atom stereocenters. The topological polar surface area (TPSA) is 50.7 Å². The molecule has 7 heteroatoms. The summed E-state index contributed by atoms with van der Waals surface area (Å²) in [4.78, 5) is 12.7. The van der Waals surface area contributed by atoms with Crippen molar-refractivity contribution in [3.8, 4) is 11.3 Å². The molecule has 2 aromatic carbocycles. The van der Waals surface area contributed by atoms with Crippen molar-refractivity contribution < 1.29 is 13.2 Å². The zero-order chi connectivity index (χ0) is 18.9. The van der Waals surface area contributed by atoms with Crippen molar-refractivity contribution >= 4 is 22.4 Å². The second-order valence-corrected chi connectivity index (χ2v) is 5.91. The first kappa shape index (κ1) is 17.0. The SMILES string of the molecule is FC(F)(F)c1ccc(-c2cc(Nc3cnc4ccccc4c3)ncn2)cc1. The molecular weight excluding hydrogens is 353 g/mol. The number of pyridine rings is 1. The minimum absolute atomic E-state index is 0.523. The number of aromatic nitrogens is 3. The second kappa shape index (κ2) is 6.68. The molecule has 4 aromatic rings. The summed E-state index contributed by atoms with van der Waals surface area (Å²) in [5, 5.41) is 4.13. The van der Waals surface area contributed by atoms with Crippen molar-refractivity contribution in [2.45, 2.75) is 6.18 Å². The molecule has 4 rings (SSSR count). The van der Waals surface area contributed by atoms with Gasteiger partial charge in [-0.3, -0.25) is 4.98 Å². The number of nitrogens with zero attached hydrogens (tertiary/aromatic N) is 3. The van der Waals surface area contributed by atoms with Gasteiger partial charge in [0.05, 0.1) is 28.7 Å². The standard InChI is InChI=1S/C20H13F3N4/c21-20(22,23)15-7-5-13(6-8-15)18-10-19(26-12-25-18)27-16-9-14-3-1-2-4-17(14)24-11-16/h1-12H,(H,25,26,27). The van der Waals surface area contributed by atoms with E-state index in [4.69, 9.17) is 0 Å². The van der Waals surface area contributed by atoms with E-state index in [9.17, 15) is 13.2 Å². The monoisotopic (exact) mass is 366 g/mol. The lowest BCUT2D eigenvalue weighted by molar-refractivity contribution is -0.137. The third-order valence-electron chi connectivity index (χ3n) is 4.04. The number of anilines is 2. The van der Waals surface area contributed by atoms with E-state index in [1.165, 1.54) is 18.5 Å². The van der Waals surface area contributed by atoms with E-state index in [1.807, 2.05) is 30.3 Å². The number of hydrogen-bond donors (Lipinski definition) is 1.